The van der Waals surface area contributed by atoms with Gasteiger partial charge in [-0.25, -0.2) is 9.97 Å². The molecule has 0 spiro atoms. The van der Waals surface area contributed by atoms with E-state index in [-0.39, 0.29) is 19.0 Å². The van der Waals surface area contributed by atoms with E-state index in [1.807, 2.05) is 40.1 Å². The number of nitrogens with two attached hydrogens (primary N) is 1. The molecule has 6 aromatic rings. The Morgan fingerprint density at radius 1 is 0.708 bits per heavy atom. The van der Waals surface area contributed by atoms with Crippen LogP contribution in [-0.4, -0.2) is 73.5 Å². The van der Waals surface area contributed by atoms with Gasteiger partial charge in [-0.2, -0.15) is 36.5 Å². The highest BCUT2D eigenvalue weighted by atomic mass is 19.4. The number of carboxylic acid groups (broad SMARTS) is 1. The van der Waals surface area contributed by atoms with Crippen molar-refractivity contribution < 1.29 is 41.0 Å². The molecule has 19 heteroatoms. The Morgan fingerprint density at radius 2 is 1.14 bits per heavy atom. The maximum atomic E-state index is 13.3. The molecule has 0 bridgehead atoms. The standard InChI is InChI=1S/C23H26F3N5O.C13H18F3N3.C10H10N2O2/c1-14-7-9-31(10-8-14)21-17(4-6-20(29-21)23(24,25)26)12-27-22(32)15(2)16-3-5-19-18(11-16)13-28-30-19;1-9-4-6-19(7-5-9)12-10(8-17)2-3-11(18-12)13(14,15)16;1-6(10(13)14)7-2-3-9-8(4-7)5-11-12-9/h3-6,11,13-15H,7-10,12H2,1-2H3,(H,27,32)(H,28,30);2-3,9H,4-8,17H2,1H3;2-6H,1H3,(H,11,12)(H,13,14). The first kappa shape index (κ1) is 48.2. The van der Waals surface area contributed by atoms with E-state index in [2.05, 4.69) is 49.5 Å². The molecule has 6 heterocycles. The molecule has 13 nitrogen and oxygen atoms in total. The molecule has 8 rings (SSSR count). The highest BCUT2D eigenvalue weighted by Crippen LogP contribution is 2.34. The normalized spacial score (nSPS) is 16.0. The number of hydrogen-bond donors (Lipinski definition) is 5. The summed E-state index contributed by atoms with van der Waals surface area (Å²) in [6.45, 7) is 10.9. The number of fused-ring (bicyclic) bond motifs is 2. The van der Waals surface area contributed by atoms with Gasteiger partial charge >= 0.3 is 18.3 Å². The molecule has 2 saturated heterocycles. The molecule has 2 unspecified atom stereocenters. The average molecular weight is 909 g/mol. The Kier molecular flexibility index (Phi) is 15.4. The maximum Gasteiger partial charge on any atom is 0.433 e. The van der Waals surface area contributed by atoms with Crippen molar-refractivity contribution in [2.75, 3.05) is 36.0 Å². The molecule has 2 atom stereocenters. The lowest BCUT2D eigenvalue weighted by molar-refractivity contribution is -0.141. The smallest absolute Gasteiger partial charge is 0.433 e. The number of piperidine rings is 2. The summed E-state index contributed by atoms with van der Waals surface area (Å²) in [4.78, 5) is 35.1. The van der Waals surface area contributed by atoms with Crippen molar-refractivity contribution in [3.05, 3.63) is 107 Å². The van der Waals surface area contributed by atoms with E-state index in [0.717, 1.165) is 83.8 Å². The molecule has 2 aliphatic heterocycles. The van der Waals surface area contributed by atoms with Crippen molar-refractivity contribution >= 4 is 45.3 Å². The molecule has 4 aromatic heterocycles. The van der Waals surface area contributed by atoms with Gasteiger partial charge in [0.2, 0.25) is 5.91 Å². The van der Waals surface area contributed by atoms with Crippen LogP contribution in [0.1, 0.15) is 98.9 Å². The lowest BCUT2D eigenvalue weighted by Gasteiger charge is -2.33. The summed E-state index contributed by atoms with van der Waals surface area (Å²) >= 11 is 0. The fourth-order valence-electron chi connectivity index (χ4n) is 7.65. The van der Waals surface area contributed by atoms with Crippen LogP contribution < -0.4 is 20.9 Å². The van der Waals surface area contributed by atoms with E-state index < -0.39 is 41.5 Å². The lowest BCUT2D eigenvalue weighted by atomic mass is 9.98. The van der Waals surface area contributed by atoms with E-state index in [1.165, 1.54) is 12.1 Å². The number of carbonyl (C=O) groups is 2. The number of pyridine rings is 2. The van der Waals surface area contributed by atoms with Crippen molar-refractivity contribution in [2.24, 2.45) is 17.6 Å². The zero-order valence-electron chi connectivity index (χ0n) is 36.6. The molecule has 1 amide bonds. The van der Waals surface area contributed by atoms with Gasteiger partial charge < -0.3 is 26.0 Å². The number of hydrogen-bond acceptors (Lipinski definition) is 9. The maximum absolute atomic E-state index is 13.3. The molecule has 0 saturated carbocycles. The van der Waals surface area contributed by atoms with Crippen molar-refractivity contribution in [3.63, 3.8) is 0 Å². The number of rotatable bonds is 9. The van der Waals surface area contributed by atoms with Gasteiger partial charge in [-0.3, -0.25) is 19.8 Å². The third kappa shape index (κ3) is 12.3. The van der Waals surface area contributed by atoms with Crippen LogP contribution in [-0.2, 0) is 35.0 Å². The van der Waals surface area contributed by atoms with Gasteiger partial charge in [0, 0.05) is 61.2 Å². The van der Waals surface area contributed by atoms with Crippen LogP contribution >= 0.6 is 0 Å². The number of nitrogens with zero attached hydrogens (tertiary/aromatic N) is 6. The third-order valence-electron chi connectivity index (χ3n) is 12.0. The van der Waals surface area contributed by atoms with Crippen molar-refractivity contribution in [2.45, 2.75) is 90.7 Å². The van der Waals surface area contributed by atoms with Crippen LogP contribution in [0.4, 0.5) is 38.0 Å². The first-order chi connectivity index (χ1) is 30.8. The van der Waals surface area contributed by atoms with Gasteiger partial charge in [-0.15, -0.1) is 0 Å². The number of alkyl halides is 6. The second-order valence-electron chi connectivity index (χ2n) is 16.8. The SMILES string of the molecule is CC(C(=O)O)c1ccc2[nH]ncc2c1.CC1CCN(c2nc(C(F)(F)F)ccc2CN)CC1.CC1CCN(c2nc(C(F)(F)F)ccc2CNC(=O)C(C)c2ccc3[nH]ncc3c2)CC1. The Balaban J connectivity index is 0.000000179. The number of aromatic amines is 2. The van der Waals surface area contributed by atoms with Gasteiger partial charge in [0.15, 0.2) is 0 Å². The zero-order chi connectivity index (χ0) is 47.1. The molecule has 0 radical (unpaired) electrons. The second kappa shape index (κ2) is 20.7. The number of nitrogens with one attached hydrogen (secondary N) is 3. The van der Waals surface area contributed by atoms with E-state index in [4.69, 9.17) is 10.8 Å². The Morgan fingerprint density at radius 3 is 1.57 bits per heavy atom. The third-order valence-corrected chi connectivity index (χ3v) is 12.0. The van der Waals surface area contributed by atoms with Crippen LogP contribution in [0.2, 0.25) is 0 Å². The van der Waals surface area contributed by atoms with Crippen LogP contribution in [0, 0.1) is 11.8 Å². The number of aliphatic carboxylic acids is 1. The van der Waals surface area contributed by atoms with Crippen molar-refractivity contribution in [3.8, 4) is 0 Å². The zero-order valence-corrected chi connectivity index (χ0v) is 36.6. The molecule has 2 fully saturated rings. The van der Waals surface area contributed by atoms with E-state index in [9.17, 15) is 35.9 Å². The van der Waals surface area contributed by atoms with E-state index >= 15 is 0 Å². The summed E-state index contributed by atoms with van der Waals surface area (Å²) in [6.07, 6.45) is -1.79. The molecule has 2 aromatic carbocycles. The Bertz CT molecular complexity index is 2540. The molecule has 0 aliphatic carbocycles. The first-order valence-electron chi connectivity index (χ1n) is 21.5. The van der Waals surface area contributed by atoms with Crippen LogP contribution in [0.5, 0.6) is 0 Å². The van der Waals surface area contributed by atoms with E-state index in [1.54, 1.807) is 32.3 Å². The summed E-state index contributed by atoms with van der Waals surface area (Å²) in [7, 11) is 0. The quantitative estimate of drug-likeness (QED) is 0.0878. The number of anilines is 2. The van der Waals surface area contributed by atoms with Crippen LogP contribution in [0.15, 0.2) is 73.1 Å². The molecule has 2 aliphatic rings. The van der Waals surface area contributed by atoms with E-state index in [0.29, 0.717) is 47.7 Å². The molecular weight excluding hydrogens is 855 g/mol. The largest absolute Gasteiger partial charge is 0.481 e. The number of amides is 1. The molecule has 348 valence electrons. The number of halogens is 6. The Hall–Kier alpha value is -6.24. The summed E-state index contributed by atoms with van der Waals surface area (Å²) in [5.74, 6) is -0.0650. The summed E-state index contributed by atoms with van der Waals surface area (Å²) in [6, 6.07) is 16.0. The molecular formula is C46H54F6N10O3. The summed E-state index contributed by atoms with van der Waals surface area (Å²) in [5, 5.41) is 27.1. The van der Waals surface area contributed by atoms with Gasteiger partial charge in [0.05, 0.1) is 35.3 Å². The number of benzene rings is 2. The van der Waals surface area contributed by atoms with Gasteiger partial charge in [0.1, 0.15) is 23.0 Å². The summed E-state index contributed by atoms with van der Waals surface area (Å²) < 4.78 is 78.0. The lowest BCUT2D eigenvalue weighted by Crippen LogP contribution is -2.35. The van der Waals surface area contributed by atoms with Crippen molar-refractivity contribution in [1.82, 2.24) is 35.7 Å². The predicted molar refractivity (Wildman–Crippen MR) is 236 cm³/mol. The number of H-pyrrole nitrogens is 2. The fourth-order valence-corrected chi connectivity index (χ4v) is 7.65. The van der Waals surface area contributed by atoms with Gasteiger partial charge in [-0.1, -0.05) is 38.1 Å². The molecule has 65 heavy (non-hydrogen) atoms. The number of carbonyl (C=O) groups excluding carboxylic acids is 1. The minimum absolute atomic E-state index is 0.115. The first-order valence-corrected chi connectivity index (χ1v) is 21.5. The van der Waals surface area contributed by atoms with Crippen LogP contribution in [0.25, 0.3) is 21.8 Å². The monoisotopic (exact) mass is 908 g/mol. The van der Waals surface area contributed by atoms with Crippen LogP contribution in [0.3, 0.4) is 0 Å². The average Bonchev–Trinajstić information content (AvgIpc) is 3.97. The van der Waals surface area contributed by atoms with Crippen molar-refractivity contribution in [1.29, 1.82) is 0 Å². The minimum atomic E-state index is -4.51. The second-order valence-corrected chi connectivity index (χ2v) is 16.8. The highest BCUT2D eigenvalue weighted by molar-refractivity contribution is 5.86. The number of carboxylic acids is 1. The molecule has 6 N–H and O–H groups in total. The van der Waals surface area contributed by atoms with Gasteiger partial charge in [0.25, 0.3) is 0 Å². The number of aromatic nitrogens is 6. The fraction of sp³-hybridized carbons (Fsp3) is 0.435. The Labute approximate surface area is 372 Å². The minimum Gasteiger partial charge on any atom is -0.481 e. The van der Waals surface area contributed by atoms with Gasteiger partial charge in [-0.05, 0) is 98.9 Å². The summed E-state index contributed by atoms with van der Waals surface area (Å²) in [5.41, 5.74) is 8.53. The highest BCUT2D eigenvalue weighted by Gasteiger charge is 2.35. The predicted octanol–water partition coefficient (Wildman–Crippen LogP) is 9.18. The topological polar surface area (TPSA) is 182 Å².